The van der Waals surface area contributed by atoms with Crippen LogP contribution in [0.25, 0.3) is 10.2 Å². The lowest BCUT2D eigenvalue weighted by molar-refractivity contribution is -0.116. The second kappa shape index (κ2) is 7.84. The standard InChI is InChI=1S/C18H18N2O4S2/c1-24-14-5-7-15(8-6-14)26(22,23)10-2-3-18(21)20-13-4-9-17-16(11-13)19-12-25-17/h4-9,11-12H,2-3,10H2,1H3,(H,20,21). The Hall–Kier alpha value is -2.45. The molecule has 0 atom stereocenters. The van der Waals surface area contributed by atoms with Gasteiger partial charge in [0.25, 0.3) is 0 Å². The van der Waals surface area contributed by atoms with Crippen LogP contribution in [0.3, 0.4) is 0 Å². The number of hydrogen-bond acceptors (Lipinski definition) is 6. The number of rotatable bonds is 7. The molecule has 136 valence electrons. The van der Waals surface area contributed by atoms with Crippen molar-refractivity contribution in [1.29, 1.82) is 0 Å². The van der Waals surface area contributed by atoms with E-state index < -0.39 is 9.84 Å². The molecule has 0 saturated carbocycles. The van der Waals surface area contributed by atoms with Crippen molar-refractivity contribution in [1.82, 2.24) is 4.98 Å². The molecular weight excluding hydrogens is 372 g/mol. The molecule has 0 radical (unpaired) electrons. The van der Waals surface area contributed by atoms with Gasteiger partial charge in [0.15, 0.2) is 9.84 Å². The van der Waals surface area contributed by atoms with Gasteiger partial charge < -0.3 is 10.1 Å². The van der Waals surface area contributed by atoms with Gasteiger partial charge in [-0.15, -0.1) is 11.3 Å². The summed E-state index contributed by atoms with van der Waals surface area (Å²) >= 11 is 1.53. The fourth-order valence-electron chi connectivity index (χ4n) is 2.48. The number of carbonyl (C=O) groups excluding carboxylic acids is 1. The topological polar surface area (TPSA) is 85.4 Å². The first-order chi connectivity index (χ1) is 12.5. The van der Waals surface area contributed by atoms with Gasteiger partial charge in [-0.25, -0.2) is 13.4 Å². The van der Waals surface area contributed by atoms with Crippen LogP contribution in [0, 0.1) is 0 Å². The lowest BCUT2D eigenvalue weighted by Gasteiger charge is -2.07. The molecule has 0 fully saturated rings. The highest BCUT2D eigenvalue weighted by Crippen LogP contribution is 2.22. The molecule has 3 rings (SSSR count). The van der Waals surface area contributed by atoms with Crippen molar-refractivity contribution in [3.8, 4) is 5.75 Å². The first-order valence-electron chi connectivity index (χ1n) is 7.98. The van der Waals surface area contributed by atoms with Crippen molar-refractivity contribution in [3.05, 3.63) is 48.0 Å². The second-order valence-corrected chi connectivity index (χ2v) is 8.68. The minimum Gasteiger partial charge on any atom is -0.497 e. The SMILES string of the molecule is COc1ccc(S(=O)(=O)CCCC(=O)Nc2ccc3scnc3c2)cc1. The molecule has 0 aliphatic rings. The summed E-state index contributed by atoms with van der Waals surface area (Å²) in [6.07, 6.45) is 0.379. The van der Waals surface area contributed by atoms with Crippen LogP contribution < -0.4 is 10.1 Å². The number of aromatic nitrogens is 1. The molecule has 0 saturated heterocycles. The molecule has 8 heteroatoms. The van der Waals surface area contributed by atoms with E-state index in [9.17, 15) is 13.2 Å². The van der Waals surface area contributed by atoms with Crippen molar-refractivity contribution in [2.75, 3.05) is 18.2 Å². The lowest BCUT2D eigenvalue weighted by atomic mass is 10.2. The molecule has 1 aromatic heterocycles. The molecule has 2 aromatic carbocycles. The van der Waals surface area contributed by atoms with Crippen LogP contribution in [0.1, 0.15) is 12.8 Å². The zero-order valence-corrected chi connectivity index (χ0v) is 15.8. The fourth-order valence-corrected chi connectivity index (χ4v) is 4.45. The number of carbonyl (C=O) groups is 1. The van der Waals surface area contributed by atoms with Crippen LogP contribution in [0.2, 0.25) is 0 Å². The minimum absolute atomic E-state index is 0.0854. The van der Waals surface area contributed by atoms with E-state index in [1.807, 2.05) is 12.1 Å². The van der Waals surface area contributed by atoms with Gasteiger partial charge in [-0.2, -0.15) is 0 Å². The van der Waals surface area contributed by atoms with E-state index in [1.54, 1.807) is 23.7 Å². The number of hydrogen-bond donors (Lipinski definition) is 1. The molecule has 26 heavy (non-hydrogen) atoms. The zero-order chi connectivity index (χ0) is 18.6. The van der Waals surface area contributed by atoms with Gasteiger partial charge in [-0.1, -0.05) is 0 Å². The normalized spacial score (nSPS) is 11.4. The third-order valence-corrected chi connectivity index (χ3v) is 6.48. The largest absolute Gasteiger partial charge is 0.497 e. The molecule has 0 aliphatic carbocycles. The van der Waals surface area contributed by atoms with Crippen molar-refractivity contribution in [2.45, 2.75) is 17.7 Å². The van der Waals surface area contributed by atoms with Crippen LogP contribution >= 0.6 is 11.3 Å². The summed E-state index contributed by atoms with van der Waals surface area (Å²) < 4.78 is 30.7. The predicted molar refractivity (Wildman–Crippen MR) is 103 cm³/mol. The third kappa shape index (κ3) is 4.39. The van der Waals surface area contributed by atoms with Gasteiger partial charge in [0.1, 0.15) is 5.75 Å². The number of thiazole rings is 1. The number of nitrogens with zero attached hydrogens (tertiary/aromatic N) is 1. The Balaban J connectivity index is 1.53. The third-order valence-electron chi connectivity index (χ3n) is 3.85. The number of sulfone groups is 1. The summed E-state index contributed by atoms with van der Waals surface area (Å²) in [7, 11) is -1.90. The van der Waals surface area contributed by atoms with E-state index in [4.69, 9.17) is 4.74 Å². The molecule has 0 aliphatic heterocycles. The number of amides is 1. The molecule has 0 bridgehead atoms. The molecule has 1 heterocycles. The van der Waals surface area contributed by atoms with Gasteiger partial charge in [-0.3, -0.25) is 4.79 Å². The highest BCUT2D eigenvalue weighted by Gasteiger charge is 2.15. The average Bonchev–Trinajstić information content (AvgIpc) is 3.09. The summed E-state index contributed by atoms with van der Waals surface area (Å²) in [5, 5.41) is 2.78. The quantitative estimate of drug-likeness (QED) is 0.667. The monoisotopic (exact) mass is 390 g/mol. The van der Waals surface area contributed by atoms with E-state index in [2.05, 4.69) is 10.3 Å². The van der Waals surface area contributed by atoms with Crippen molar-refractivity contribution < 1.29 is 17.9 Å². The Morgan fingerprint density at radius 2 is 1.96 bits per heavy atom. The number of fused-ring (bicyclic) bond motifs is 1. The number of benzene rings is 2. The van der Waals surface area contributed by atoms with E-state index in [0.29, 0.717) is 11.4 Å². The Morgan fingerprint density at radius 1 is 1.19 bits per heavy atom. The lowest BCUT2D eigenvalue weighted by Crippen LogP contribution is -2.14. The van der Waals surface area contributed by atoms with Crippen molar-refractivity contribution in [2.24, 2.45) is 0 Å². The smallest absolute Gasteiger partial charge is 0.224 e. The molecular formula is C18H18N2O4S2. The summed E-state index contributed by atoms with van der Waals surface area (Å²) in [5.74, 6) is 0.294. The Morgan fingerprint density at radius 3 is 2.69 bits per heavy atom. The molecule has 6 nitrogen and oxygen atoms in total. The predicted octanol–water partition coefficient (Wildman–Crippen LogP) is 3.50. The van der Waals surface area contributed by atoms with Crippen molar-refractivity contribution in [3.63, 3.8) is 0 Å². The van der Waals surface area contributed by atoms with Gasteiger partial charge in [0.2, 0.25) is 5.91 Å². The highest BCUT2D eigenvalue weighted by molar-refractivity contribution is 7.91. The Bertz CT molecular complexity index is 1010. The number of nitrogens with one attached hydrogen (secondary N) is 1. The van der Waals surface area contributed by atoms with Gasteiger partial charge in [0, 0.05) is 12.1 Å². The Labute approximate surface area is 155 Å². The summed E-state index contributed by atoms with van der Waals surface area (Å²) in [6, 6.07) is 11.7. The minimum atomic E-state index is -3.42. The maximum absolute atomic E-state index is 12.3. The maximum Gasteiger partial charge on any atom is 0.224 e. The summed E-state index contributed by atoms with van der Waals surface area (Å²) in [6.45, 7) is 0. The highest BCUT2D eigenvalue weighted by atomic mass is 32.2. The number of methoxy groups -OCH3 is 1. The summed E-state index contributed by atoms with van der Waals surface area (Å²) in [5.41, 5.74) is 3.24. The maximum atomic E-state index is 12.3. The molecule has 0 spiro atoms. The van der Waals surface area contributed by atoms with Crippen LogP contribution in [-0.4, -0.2) is 32.2 Å². The van der Waals surface area contributed by atoms with E-state index >= 15 is 0 Å². The first kappa shape index (κ1) is 18.3. The van der Waals surface area contributed by atoms with Gasteiger partial charge in [-0.05, 0) is 48.9 Å². The number of ether oxygens (including phenoxy) is 1. The van der Waals surface area contributed by atoms with Crippen LogP contribution in [0.5, 0.6) is 5.75 Å². The summed E-state index contributed by atoms with van der Waals surface area (Å²) in [4.78, 5) is 16.5. The molecule has 3 aromatic rings. The molecule has 1 amide bonds. The Kier molecular flexibility index (Phi) is 5.53. The van der Waals surface area contributed by atoms with Crippen LogP contribution in [0.4, 0.5) is 5.69 Å². The van der Waals surface area contributed by atoms with Gasteiger partial charge in [0.05, 0.1) is 33.5 Å². The molecule has 0 unspecified atom stereocenters. The average molecular weight is 390 g/mol. The number of anilines is 1. The van der Waals surface area contributed by atoms with E-state index in [0.717, 1.165) is 10.2 Å². The van der Waals surface area contributed by atoms with E-state index in [1.165, 1.54) is 30.6 Å². The zero-order valence-electron chi connectivity index (χ0n) is 14.1. The first-order valence-corrected chi connectivity index (χ1v) is 10.5. The van der Waals surface area contributed by atoms with Crippen LogP contribution in [0.15, 0.2) is 52.9 Å². The second-order valence-electron chi connectivity index (χ2n) is 5.68. The molecule has 1 N–H and O–H groups in total. The van der Waals surface area contributed by atoms with E-state index in [-0.39, 0.29) is 29.4 Å². The van der Waals surface area contributed by atoms with Crippen LogP contribution in [-0.2, 0) is 14.6 Å². The van der Waals surface area contributed by atoms with Crippen molar-refractivity contribution >= 4 is 43.0 Å². The fraction of sp³-hybridized carbons (Fsp3) is 0.222. The van der Waals surface area contributed by atoms with Gasteiger partial charge >= 0.3 is 0 Å².